The highest BCUT2D eigenvalue weighted by molar-refractivity contribution is 6.30. The third kappa shape index (κ3) is 4.49. The van der Waals surface area contributed by atoms with Crippen LogP contribution in [-0.2, 0) is 17.8 Å². The van der Waals surface area contributed by atoms with Crippen molar-refractivity contribution in [3.05, 3.63) is 64.7 Å². The Hall–Kier alpha value is -2.04. The minimum Gasteiger partial charge on any atom is -0.399 e. The highest BCUT2D eigenvalue weighted by atomic mass is 35.5. The summed E-state index contributed by atoms with van der Waals surface area (Å²) in [5.41, 5.74) is 8.67. The van der Waals surface area contributed by atoms with Gasteiger partial charge in [-0.05, 0) is 35.4 Å². The number of hydrogen-bond acceptors (Lipinski definition) is 3. The molecular formula is C19H22ClN3O. The Kier molecular flexibility index (Phi) is 5.38. The number of nitrogen functional groups attached to an aromatic ring is 1. The standard InChI is InChI=1S/C19H22ClN3O/c20-17-5-1-16(2-6-17)14-22-9-11-23(12-10-22)19(24)13-15-3-7-18(21)8-4-15/h1-8H,9-14,21H2. The Balaban J connectivity index is 1.48. The molecule has 0 saturated carbocycles. The van der Waals surface area contributed by atoms with E-state index in [-0.39, 0.29) is 5.91 Å². The van der Waals surface area contributed by atoms with Crippen molar-refractivity contribution in [2.75, 3.05) is 31.9 Å². The Morgan fingerprint density at radius 1 is 0.917 bits per heavy atom. The number of benzene rings is 2. The first-order valence-electron chi connectivity index (χ1n) is 8.19. The van der Waals surface area contributed by atoms with Gasteiger partial charge in [0.25, 0.3) is 0 Å². The van der Waals surface area contributed by atoms with Crippen LogP contribution in [-0.4, -0.2) is 41.9 Å². The first-order chi connectivity index (χ1) is 11.6. The number of amides is 1. The molecule has 3 rings (SSSR count). The van der Waals surface area contributed by atoms with Gasteiger partial charge >= 0.3 is 0 Å². The minimum atomic E-state index is 0.186. The smallest absolute Gasteiger partial charge is 0.227 e. The summed E-state index contributed by atoms with van der Waals surface area (Å²) in [6, 6.07) is 15.5. The van der Waals surface area contributed by atoms with E-state index in [2.05, 4.69) is 17.0 Å². The number of carbonyl (C=O) groups is 1. The van der Waals surface area contributed by atoms with Crippen molar-refractivity contribution in [1.82, 2.24) is 9.80 Å². The summed E-state index contributed by atoms with van der Waals surface area (Å²) in [7, 11) is 0. The summed E-state index contributed by atoms with van der Waals surface area (Å²) in [5, 5.41) is 0.761. The fourth-order valence-corrected chi connectivity index (χ4v) is 3.05. The van der Waals surface area contributed by atoms with E-state index in [0.29, 0.717) is 6.42 Å². The molecule has 1 aliphatic rings. The normalized spacial score (nSPS) is 15.5. The number of anilines is 1. The molecule has 0 aromatic heterocycles. The Morgan fingerprint density at radius 3 is 2.12 bits per heavy atom. The zero-order chi connectivity index (χ0) is 16.9. The van der Waals surface area contributed by atoms with Gasteiger partial charge in [-0.3, -0.25) is 9.69 Å². The van der Waals surface area contributed by atoms with E-state index < -0.39 is 0 Å². The molecule has 0 aliphatic carbocycles. The summed E-state index contributed by atoms with van der Waals surface area (Å²) in [5.74, 6) is 0.186. The van der Waals surface area contributed by atoms with E-state index in [1.807, 2.05) is 41.3 Å². The van der Waals surface area contributed by atoms with Crippen molar-refractivity contribution in [2.45, 2.75) is 13.0 Å². The Bertz CT molecular complexity index is 677. The van der Waals surface area contributed by atoms with Crippen molar-refractivity contribution in [1.29, 1.82) is 0 Å². The first-order valence-corrected chi connectivity index (χ1v) is 8.57. The molecule has 1 fully saturated rings. The molecule has 2 N–H and O–H groups in total. The monoisotopic (exact) mass is 343 g/mol. The highest BCUT2D eigenvalue weighted by Crippen LogP contribution is 2.14. The average Bonchev–Trinajstić information content (AvgIpc) is 2.59. The van der Waals surface area contributed by atoms with Gasteiger partial charge in [-0.25, -0.2) is 0 Å². The highest BCUT2D eigenvalue weighted by Gasteiger charge is 2.21. The van der Waals surface area contributed by atoms with E-state index in [1.165, 1.54) is 5.56 Å². The lowest BCUT2D eigenvalue weighted by Gasteiger charge is -2.34. The molecule has 126 valence electrons. The van der Waals surface area contributed by atoms with Gasteiger partial charge in [-0.2, -0.15) is 0 Å². The number of hydrogen-bond donors (Lipinski definition) is 1. The van der Waals surface area contributed by atoms with Gasteiger partial charge in [0.05, 0.1) is 6.42 Å². The summed E-state index contributed by atoms with van der Waals surface area (Å²) in [6.07, 6.45) is 0.442. The van der Waals surface area contributed by atoms with Crippen LogP contribution in [0.4, 0.5) is 5.69 Å². The van der Waals surface area contributed by atoms with Crippen molar-refractivity contribution < 1.29 is 4.79 Å². The maximum Gasteiger partial charge on any atom is 0.227 e. The maximum atomic E-state index is 12.4. The SMILES string of the molecule is Nc1ccc(CC(=O)N2CCN(Cc3ccc(Cl)cc3)CC2)cc1. The molecule has 1 saturated heterocycles. The van der Waals surface area contributed by atoms with E-state index >= 15 is 0 Å². The number of halogens is 1. The molecule has 0 radical (unpaired) electrons. The summed E-state index contributed by atoms with van der Waals surface area (Å²) >= 11 is 5.92. The average molecular weight is 344 g/mol. The molecule has 1 heterocycles. The zero-order valence-corrected chi connectivity index (χ0v) is 14.4. The van der Waals surface area contributed by atoms with Gasteiger partial charge in [0.15, 0.2) is 0 Å². The molecule has 1 amide bonds. The summed E-state index contributed by atoms with van der Waals surface area (Å²) < 4.78 is 0. The van der Waals surface area contributed by atoms with Gasteiger partial charge in [0, 0.05) is 43.4 Å². The van der Waals surface area contributed by atoms with Crippen LogP contribution >= 0.6 is 11.6 Å². The summed E-state index contributed by atoms with van der Waals surface area (Å²) in [4.78, 5) is 16.7. The molecule has 2 aromatic carbocycles. The topological polar surface area (TPSA) is 49.6 Å². The Labute approximate surface area is 147 Å². The van der Waals surface area contributed by atoms with E-state index in [0.717, 1.165) is 49.0 Å². The minimum absolute atomic E-state index is 0.186. The second kappa shape index (κ2) is 7.69. The fraction of sp³-hybridized carbons (Fsp3) is 0.316. The van der Waals surface area contributed by atoms with Crippen LogP contribution in [0, 0.1) is 0 Å². The van der Waals surface area contributed by atoms with E-state index in [4.69, 9.17) is 17.3 Å². The molecule has 0 atom stereocenters. The Morgan fingerprint density at radius 2 is 1.50 bits per heavy atom. The van der Waals surface area contributed by atoms with Gasteiger partial charge in [0.1, 0.15) is 0 Å². The van der Waals surface area contributed by atoms with Crippen LogP contribution in [0.15, 0.2) is 48.5 Å². The molecule has 0 bridgehead atoms. The van der Waals surface area contributed by atoms with Crippen molar-refractivity contribution in [2.24, 2.45) is 0 Å². The number of carbonyl (C=O) groups excluding carboxylic acids is 1. The van der Waals surface area contributed by atoms with Crippen LogP contribution < -0.4 is 5.73 Å². The van der Waals surface area contributed by atoms with Crippen LogP contribution in [0.5, 0.6) is 0 Å². The third-order valence-electron chi connectivity index (χ3n) is 4.38. The fourth-order valence-electron chi connectivity index (χ4n) is 2.93. The zero-order valence-electron chi connectivity index (χ0n) is 13.6. The van der Waals surface area contributed by atoms with Crippen molar-refractivity contribution in [3.63, 3.8) is 0 Å². The molecule has 24 heavy (non-hydrogen) atoms. The largest absolute Gasteiger partial charge is 0.399 e. The lowest BCUT2D eigenvalue weighted by atomic mass is 10.1. The molecular weight excluding hydrogens is 322 g/mol. The lowest BCUT2D eigenvalue weighted by molar-refractivity contribution is -0.132. The first kappa shape index (κ1) is 16.8. The molecule has 1 aliphatic heterocycles. The van der Waals surface area contributed by atoms with Crippen LogP contribution in [0.3, 0.4) is 0 Å². The van der Waals surface area contributed by atoms with Crippen molar-refractivity contribution in [3.8, 4) is 0 Å². The predicted octanol–water partition coefficient (Wildman–Crippen LogP) is 2.81. The molecule has 4 nitrogen and oxygen atoms in total. The van der Waals surface area contributed by atoms with Crippen LogP contribution in [0.25, 0.3) is 0 Å². The number of nitrogens with zero attached hydrogens (tertiary/aromatic N) is 2. The van der Waals surface area contributed by atoms with E-state index in [1.54, 1.807) is 0 Å². The maximum absolute atomic E-state index is 12.4. The van der Waals surface area contributed by atoms with Gasteiger partial charge in [-0.1, -0.05) is 35.9 Å². The molecule has 0 spiro atoms. The number of nitrogens with two attached hydrogens (primary N) is 1. The van der Waals surface area contributed by atoms with Gasteiger partial charge in [-0.15, -0.1) is 0 Å². The molecule has 0 unspecified atom stereocenters. The van der Waals surface area contributed by atoms with Gasteiger partial charge in [0.2, 0.25) is 5.91 Å². The molecule has 5 heteroatoms. The predicted molar refractivity (Wildman–Crippen MR) is 97.9 cm³/mol. The second-order valence-electron chi connectivity index (χ2n) is 6.20. The van der Waals surface area contributed by atoms with Crippen LogP contribution in [0.2, 0.25) is 5.02 Å². The number of piperazine rings is 1. The number of rotatable bonds is 4. The van der Waals surface area contributed by atoms with E-state index in [9.17, 15) is 4.79 Å². The molecule has 2 aromatic rings. The second-order valence-corrected chi connectivity index (χ2v) is 6.64. The lowest BCUT2D eigenvalue weighted by Crippen LogP contribution is -2.48. The summed E-state index contributed by atoms with van der Waals surface area (Å²) in [6.45, 7) is 4.26. The van der Waals surface area contributed by atoms with Crippen LogP contribution in [0.1, 0.15) is 11.1 Å². The van der Waals surface area contributed by atoms with Gasteiger partial charge < -0.3 is 10.6 Å². The van der Waals surface area contributed by atoms with Crippen molar-refractivity contribution >= 4 is 23.2 Å². The quantitative estimate of drug-likeness (QED) is 0.868. The third-order valence-corrected chi connectivity index (χ3v) is 4.63.